The molecule has 1 saturated carbocycles. The van der Waals surface area contributed by atoms with E-state index in [4.69, 9.17) is 4.52 Å². The average Bonchev–Trinajstić information content (AvgIpc) is 3.05. The first kappa shape index (κ1) is 15.3. The minimum absolute atomic E-state index is 0.130. The van der Waals surface area contributed by atoms with Crippen molar-refractivity contribution in [1.82, 2.24) is 19.7 Å². The lowest BCUT2D eigenvalue weighted by Gasteiger charge is -2.06. The molecule has 0 radical (unpaired) electrons. The molecule has 5 rings (SSSR count). The lowest BCUT2D eigenvalue weighted by atomic mass is 10.3. The van der Waals surface area contributed by atoms with E-state index in [1.165, 1.54) is 11.3 Å². The van der Waals surface area contributed by atoms with Crippen molar-refractivity contribution in [3.05, 3.63) is 47.9 Å². The quantitative estimate of drug-likeness (QED) is 0.583. The van der Waals surface area contributed by atoms with Gasteiger partial charge in [0, 0.05) is 5.92 Å². The van der Waals surface area contributed by atoms with Crippen LogP contribution < -0.4 is 5.32 Å². The molecule has 130 valence electrons. The topological polar surface area (TPSA) is 85.8 Å². The SMILES string of the molecule is O=C(Cn1cnc2ccccc21)Nc1ccsc1-c1nc(C2CC2)no1. The largest absolute Gasteiger partial charge is 0.333 e. The van der Waals surface area contributed by atoms with Gasteiger partial charge in [0.05, 0.1) is 23.0 Å². The number of hydrogen-bond acceptors (Lipinski definition) is 6. The highest BCUT2D eigenvalue weighted by Crippen LogP contribution is 2.40. The van der Waals surface area contributed by atoms with Crippen molar-refractivity contribution in [2.45, 2.75) is 25.3 Å². The van der Waals surface area contributed by atoms with Crippen LogP contribution in [0.3, 0.4) is 0 Å². The van der Waals surface area contributed by atoms with Crippen LogP contribution in [0.5, 0.6) is 0 Å². The predicted molar refractivity (Wildman–Crippen MR) is 97.9 cm³/mol. The van der Waals surface area contributed by atoms with Gasteiger partial charge in [-0.3, -0.25) is 4.79 Å². The van der Waals surface area contributed by atoms with Crippen LogP contribution in [0, 0.1) is 0 Å². The Kier molecular flexibility index (Phi) is 3.56. The van der Waals surface area contributed by atoms with Gasteiger partial charge in [0.2, 0.25) is 5.91 Å². The van der Waals surface area contributed by atoms with Crippen molar-refractivity contribution < 1.29 is 9.32 Å². The van der Waals surface area contributed by atoms with E-state index in [2.05, 4.69) is 20.4 Å². The van der Waals surface area contributed by atoms with Crippen molar-refractivity contribution in [2.75, 3.05) is 5.32 Å². The van der Waals surface area contributed by atoms with Crippen molar-refractivity contribution >= 4 is 34.0 Å². The highest BCUT2D eigenvalue weighted by Gasteiger charge is 2.29. The lowest BCUT2D eigenvalue weighted by Crippen LogP contribution is -2.18. The number of hydrogen-bond donors (Lipinski definition) is 1. The maximum atomic E-state index is 12.5. The molecular weight excluding hydrogens is 350 g/mol. The van der Waals surface area contributed by atoms with Crippen molar-refractivity contribution in [3.8, 4) is 10.8 Å². The molecule has 3 aromatic heterocycles. The first-order valence-corrected chi connectivity index (χ1v) is 9.27. The molecule has 0 unspecified atom stereocenters. The molecule has 1 amide bonds. The van der Waals surface area contributed by atoms with Crippen LogP contribution in [0.15, 0.2) is 46.6 Å². The number of para-hydroxylation sites is 2. The molecule has 26 heavy (non-hydrogen) atoms. The number of carbonyl (C=O) groups is 1. The van der Waals surface area contributed by atoms with Crippen LogP contribution in [0.25, 0.3) is 21.8 Å². The van der Waals surface area contributed by atoms with Crippen molar-refractivity contribution in [1.29, 1.82) is 0 Å². The molecule has 1 aromatic carbocycles. The first-order valence-electron chi connectivity index (χ1n) is 8.39. The third kappa shape index (κ3) is 2.78. The fraction of sp³-hybridized carbons (Fsp3) is 0.222. The summed E-state index contributed by atoms with van der Waals surface area (Å²) < 4.78 is 7.21. The first-order chi connectivity index (χ1) is 12.8. The molecule has 0 saturated heterocycles. The Morgan fingerprint density at radius 3 is 3.08 bits per heavy atom. The van der Waals surface area contributed by atoms with Gasteiger partial charge in [0.1, 0.15) is 11.4 Å². The monoisotopic (exact) mass is 365 g/mol. The molecule has 7 nitrogen and oxygen atoms in total. The molecule has 1 N–H and O–H groups in total. The third-order valence-electron chi connectivity index (χ3n) is 4.36. The number of amides is 1. The van der Waals surface area contributed by atoms with E-state index in [0.717, 1.165) is 34.6 Å². The zero-order chi connectivity index (χ0) is 17.5. The summed E-state index contributed by atoms with van der Waals surface area (Å²) in [5.74, 6) is 1.52. The molecule has 1 aliphatic carbocycles. The van der Waals surface area contributed by atoms with Crippen LogP contribution in [0.1, 0.15) is 24.6 Å². The molecule has 0 aliphatic heterocycles. The number of carbonyl (C=O) groups excluding carboxylic acids is 1. The number of thiophene rings is 1. The van der Waals surface area contributed by atoms with E-state index in [0.29, 0.717) is 17.5 Å². The highest BCUT2D eigenvalue weighted by atomic mass is 32.1. The Morgan fingerprint density at radius 2 is 2.19 bits per heavy atom. The Morgan fingerprint density at radius 1 is 1.31 bits per heavy atom. The highest BCUT2D eigenvalue weighted by molar-refractivity contribution is 7.14. The van der Waals surface area contributed by atoms with Crippen LogP contribution in [0.4, 0.5) is 5.69 Å². The summed E-state index contributed by atoms with van der Waals surface area (Å²) in [6, 6.07) is 9.59. The zero-order valence-electron chi connectivity index (χ0n) is 13.8. The van der Waals surface area contributed by atoms with E-state index in [9.17, 15) is 4.79 Å². The number of fused-ring (bicyclic) bond motifs is 1. The summed E-state index contributed by atoms with van der Waals surface area (Å²) in [5.41, 5.74) is 2.49. The van der Waals surface area contributed by atoms with Crippen LogP contribution in [-0.2, 0) is 11.3 Å². The maximum absolute atomic E-state index is 12.5. The second-order valence-electron chi connectivity index (χ2n) is 6.30. The molecule has 1 fully saturated rings. The Labute approximate surface area is 152 Å². The average molecular weight is 365 g/mol. The minimum atomic E-state index is -0.130. The summed E-state index contributed by atoms with van der Waals surface area (Å²) in [7, 11) is 0. The number of benzene rings is 1. The van der Waals surface area contributed by atoms with Crippen LogP contribution >= 0.6 is 11.3 Å². The smallest absolute Gasteiger partial charge is 0.270 e. The maximum Gasteiger partial charge on any atom is 0.270 e. The minimum Gasteiger partial charge on any atom is -0.333 e. The van der Waals surface area contributed by atoms with Crippen molar-refractivity contribution in [2.24, 2.45) is 0 Å². The summed E-state index contributed by atoms with van der Waals surface area (Å²) in [4.78, 5) is 22.1. The van der Waals surface area contributed by atoms with Gasteiger partial charge in [-0.15, -0.1) is 11.3 Å². The molecule has 0 spiro atoms. The van der Waals surface area contributed by atoms with Gasteiger partial charge in [-0.05, 0) is 36.4 Å². The van der Waals surface area contributed by atoms with Gasteiger partial charge < -0.3 is 14.4 Å². The van der Waals surface area contributed by atoms with Crippen LogP contribution in [-0.4, -0.2) is 25.6 Å². The van der Waals surface area contributed by atoms with E-state index >= 15 is 0 Å². The van der Waals surface area contributed by atoms with Crippen molar-refractivity contribution in [3.63, 3.8) is 0 Å². The number of anilines is 1. The number of nitrogens with one attached hydrogen (secondary N) is 1. The number of imidazole rings is 1. The van der Waals surface area contributed by atoms with E-state index in [-0.39, 0.29) is 12.5 Å². The van der Waals surface area contributed by atoms with Gasteiger partial charge in [-0.2, -0.15) is 4.98 Å². The fourth-order valence-electron chi connectivity index (χ4n) is 2.89. The van der Waals surface area contributed by atoms with E-state index in [1.54, 1.807) is 6.33 Å². The zero-order valence-corrected chi connectivity index (χ0v) is 14.6. The standard InChI is InChI=1S/C18H15N5O2S/c24-15(9-23-10-19-12-3-1-2-4-14(12)23)20-13-7-8-26-16(13)18-21-17(22-25-18)11-5-6-11/h1-4,7-8,10-11H,5-6,9H2,(H,20,24). The van der Waals surface area contributed by atoms with Gasteiger partial charge in [-0.25, -0.2) is 4.98 Å². The molecule has 0 bridgehead atoms. The number of nitrogens with zero attached hydrogens (tertiary/aromatic N) is 4. The van der Waals surface area contributed by atoms with E-state index < -0.39 is 0 Å². The molecule has 3 heterocycles. The number of rotatable bonds is 5. The van der Waals surface area contributed by atoms with Gasteiger partial charge in [0.25, 0.3) is 5.89 Å². The molecule has 1 aliphatic rings. The molecule has 4 aromatic rings. The van der Waals surface area contributed by atoms with Gasteiger partial charge in [-0.1, -0.05) is 17.3 Å². The lowest BCUT2D eigenvalue weighted by molar-refractivity contribution is -0.116. The van der Waals surface area contributed by atoms with Gasteiger partial charge in [0.15, 0.2) is 5.82 Å². The summed E-state index contributed by atoms with van der Waals surface area (Å²) in [5, 5.41) is 8.89. The van der Waals surface area contributed by atoms with Crippen LogP contribution in [0.2, 0.25) is 0 Å². The second-order valence-corrected chi connectivity index (χ2v) is 7.22. The van der Waals surface area contributed by atoms with Gasteiger partial charge >= 0.3 is 0 Å². The Balaban J connectivity index is 1.34. The second kappa shape index (κ2) is 6.06. The normalized spacial score (nSPS) is 14.0. The summed E-state index contributed by atoms with van der Waals surface area (Å²) in [6.45, 7) is 0.187. The summed E-state index contributed by atoms with van der Waals surface area (Å²) in [6.07, 6.45) is 3.91. The number of aromatic nitrogens is 4. The predicted octanol–water partition coefficient (Wildman–Crippen LogP) is 3.66. The molecule has 0 atom stereocenters. The fourth-order valence-corrected chi connectivity index (χ4v) is 3.66. The third-order valence-corrected chi connectivity index (χ3v) is 5.26. The molecule has 8 heteroatoms. The summed E-state index contributed by atoms with van der Waals surface area (Å²) >= 11 is 1.47. The molecular formula is C18H15N5O2S. The van der Waals surface area contributed by atoms with E-state index in [1.807, 2.05) is 40.3 Å². The Bertz CT molecular complexity index is 1090. The Hall–Kier alpha value is -3.00.